The second kappa shape index (κ2) is 9.99. The third-order valence-electron chi connectivity index (χ3n) is 4.44. The van der Waals surface area contributed by atoms with Gasteiger partial charge in [-0.1, -0.05) is 19.8 Å². The Labute approximate surface area is 167 Å². The van der Waals surface area contributed by atoms with Crippen molar-refractivity contribution in [2.45, 2.75) is 110 Å². The van der Waals surface area contributed by atoms with Gasteiger partial charge in [0.15, 0.2) is 5.79 Å². The summed E-state index contributed by atoms with van der Waals surface area (Å²) in [5.74, 6) is -0.725. The first-order valence-electron chi connectivity index (χ1n) is 10.3. The number of hydrazine groups is 1. The summed E-state index contributed by atoms with van der Waals surface area (Å²) in [6, 6.07) is 0.0595. The Bertz CT molecular complexity index is 403. The first kappa shape index (κ1) is 24.8. The molecule has 0 aromatic rings. The van der Waals surface area contributed by atoms with E-state index in [9.17, 15) is 0 Å². The van der Waals surface area contributed by atoms with E-state index in [1.54, 1.807) is 0 Å². The van der Waals surface area contributed by atoms with E-state index in [1.807, 2.05) is 26.0 Å². The van der Waals surface area contributed by atoms with Gasteiger partial charge in [0.05, 0.1) is 30.5 Å². The minimum absolute atomic E-state index is 0.0595. The minimum Gasteiger partial charge on any atom is -0.373 e. The van der Waals surface area contributed by atoms with Crippen LogP contribution in [0.4, 0.5) is 0 Å². The summed E-state index contributed by atoms with van der Waals surface area (Å²) in [5, 5.41) is 1.97. The number of hydrogen-bond acceptors (Lipinski definition) is 6. The average Bonchev–Trinajstić information content (AvgIpc) is 2.83. The van der Waals surface area contributed by atoms with E-state index in [1.165, 1.54) is 0 Å². The van der Waals surface area contributed by atoms with Crippen molar-refractivity contribution in [1.29, 1.82) is 0 Å². The molecule has 27 heavy (non-hydrogen) atoms. The molecular weight excluding hydrogens is 344 g/mol. The summed E-state index contributed by atoms with van der Waals surface area (Å²) in [6.45, 7) is 17.5. The lowest BCUT2D eigenvalue weighted by Crippen LogP contribution is -2.54. The quantitative estimate of drug-likeness (QED) is 0.575. The van der Waals surface area contributed by atoms with E-state index in [4.69, 9.17) is 18.9 Å². The third kappa shape index (κ3) is 9.20. The van der Waals surface area contributed by atoms with Crippen molar-refractivity contribution in [3.8, 4) is 0 Å². The topological polar surface area (TPSA) is 52.2 Å². The first-order valence-corrected chi connectivity index (χ1v) is 10.3. The molecular formula is C21H44N2O4. The number of ether oxygens (including phenoxy) is 4. The molecule has 0 radical (unpaired) electrons. The monoisotopic (exact) mass is 388 g/mol. The third-order valence-corrected chi connectivity index (χ3v) is 4.44. The van der Waals surface area contributed by atoms with Crippen LogP contribution < -0.4 is 5.43 Å². The molecule has 0 unspecified atom stereocenters. The molecule has 0 amide bonds. The number of unbranched alkanes of at least 4 members (excludes halogenated alkanes) is 1. The predicted octanol–water partition coefficient (Wildman–Crippen LogP) is 3.74. The van der Waals surface area contributed by atoms with E-state index in [0.717, 1.165) is 19.3 Å². The van der Waals surface area contributed by atoms with Crippen LogP contribution in [0.1, 0.15) is 74.7 Å². The van der Waals surface area contributed by atoms with Crippen LogP contribution in [0.5, 0.6) is 0 Å². The van der Waals surface area contributed by atoms with Crippen LogP contribution in [0.2, 0.25) is 0 Å². The molecule has 6 nitrogen and oxygen atoms in total. The van der Waals surface area contributed by atoms with Gasteiger partial charge in [0, 0.05) is 14.1 Å². The molecule has 1 saturated heterocycles. The van der Waals surface area contributed by atoms with E-state index < -0.39 is 5.79 Å². The van der Waals surface area contributed by atoms with Crippen LogP contribution in [0.3, 0.4) is 0 Å². The predicted molar refractivity (Wildman–Crippen MR) is 110 cm³/mol. The van der Waals surface area contributed by atoms with Crippen LogP contribution in [-0.2, 0) is 18.9 Å². The Hall–Kier alpha value is -0.240. The van der Waals surface area contributed by atoms with Crippen molar-refractivity contribution >= 4 is 0 Å². The zero-order valence-electron chi connectivity index (χ0n) is 19.3. The van der Waals surface area contributed by atoms with Crippen molar-refractivity contribution in [3.05, 3.63) is 0 Å². The Kier molecular flexibility index (Phi) is 9.17. The highest BCUT2D eigenvalue weighted by Crippen LogP contribution is 2.35. The Morgan fingerprint density at radius 2 is 1.41 bits per heavy atom. The highest BCUT2D eigenvalue weighted by atomic mass is 16.8. The van der Waals surface area contributed by atoms with E-state index in [2.05, 4.69) is 53.9 Å². The molecule has 162 valence electrons. The van der Waals surface area contributed by atoms with Gasteiger partial charge in [0.25, 0.3) is 0 Å². The summed E-state index contributed by atoms with van der Waals surface area (Å²) in [7, 11) is 4.00. The van der Waals surface area contributed by atoms with E-state index >= 15 is 0 Å². The van der Waals surface area contributed by atoms with Gasteiger partial charge in [-0.3, -0.25) is 5.01 Å². The number of hydrogen-bond donors (Lipinski definition) is 1. The number of nitrogens with zero attached hydrogens (tertiary/aromatic N) is 1. The van der Waals surface area contributed by atoms with Gasteiger partial charge in [-0.25, -0.2) is 5.43 Å². The molecule has 0 aromatic heterocycles. The zero-order chi connectivity index (χ0) is 20.9. The fourth-order valence-corrected chi connectivity index (χ4v) is 3.06. The van der Waals surface area contributed by atoms with Gasteiger partial charge < -0.3 is 18.9 Å². The lowest BCUT2D eigenvalue weighted by Gasteiger charge is -2.35. The summed E-state index contributed by atoms with van der Waals surface area (Å²) in [5.41, 5.74) is 3.04. The molecule has 0 spiro atoms. The summed E-state index contributed by atoms with van der Waals surface area (Å²) < 4.78 is 25.0. The maximum absolute atomic E-state index is 6.47. The Balaban J connectivity index is 2.92. The van der Waals surface area contributed by atoms with E-state index in [0.29, 0.717) is 13.2 Å². The molecule has 0 aliphatic carbocycles. The van der Waals surface area contributed by atoms with Crippen molar-refractivity contribution < 1.29 is 18.9 Å². The van der Waals surface area contributed by atoms with Crippen LogP contribution in [0.15, 0.2) is 0 Å². The lowest BCUT2D eigenvalue weighted by molar-refractivity contribution is -0.201. The normalized spacial score (nSPS) is 24.6. The van der Waals surface area contributed by atoms with Gasteiger partial charge in [-0.05, 0) is 54.9 Å². The summed E-state index contributed by atoms with van der Waals surface area (Å²) in [6.07, 6.45) is 2.90. The van der Waals surface area contributed by atoms with Crippen molar-refractivity contribution in [3.63, 3.8) is 0 Å². The molecule has 1 fully saturated rings. The van der Waals surface area contributed by atoms with Crippen molar-refractivity contribution in [2.24, 2.45) is 0 Å². The molecule has 0 aromatic carbocycles. The van der Waals surface area contributed by atoms with Gasteiger partial charge >= 0.3 is 0 Å². The molecule has 1 aliphatic rings. The lowest BCUT2D eigenvalue weighted by atomic mass is 10.0. The molecule has 0 bridgehead atoms. The van der Waals surface area contributed by atoms with E-state index in [-0.39, 0.29) is 29.5 Å². The Morgan fingerprint density at radius 3 is 1.74 bits per heavy atom. The largest absolute Gasteiger partial charge is 0.373 e. The smallest absolute Gasteiger partial charge is 0.183 e. The second-order valence-corrected chi connectivity index (χ2v) is 9.89. The van der Waals surface area contributed by atoms with Crippen LogP contribution >= 0.6 is 0 Å². The standard InChI is InChI=1S/C21H44N2O4/c1-11-12-13-18(22-23(9)10)21(8)26-16(14-24-19(2,3)4)17(27-21)15-25-20(5,6)7/h16-18,22H,11-15H2,1-10H3/t16-,17-,18-/m0/s1. The fraction of sp³-hybridized carbons (Fsp3) is 1.00. The second-order valence-electron chi connectivity index (χ2n) is 9.89. The SMILES string of the molecule is CCCC[C@H](NN(C)C)C1(C)O[C@@H](COC(C)(C)C)[C@H](COC(C)(C)C)O1. The van der Waals surface area contributed by atoms with Gasteiger partial charge in [0.2, 0.25) is 0 Å². The summed E-state index contributed by atoms with van der Waals surface area (Å²) in [4.78, 5) is 0. The fourth-order valence-electron chi connectivity index (χ4n) is 3.06. The molecule has 1 heterocycles. The van der Waals surface area contributed by atoms with Crippen LogP contribution in [0.25, 0.3) is 0 Å². The van der Waals surface area contributed by atoms with Gasteiger partial charge in [-0.15, -0.1) is 0 Å². The van der Waals surface area contributed by atoms with Crippen molar-refractivity contribution in [2.75, 3.05) is 27.3 Å². The van der Waals surface area contributed by atoms with Crippen LogP contribution in [-0.4, -0.2) is 67.6 Å². The van der Waals surface area contributed by atoms with Crippen molar-refractivity contribution in [1.82, 2.24) is 10.4 Å². The first-order chi connectivity index (χ1) is 12.3. The molecule has 0 saturated carbocycles. The number of nitrogens with one attached hydrogen (secondary N) is 1. The molecule has 3 atom stereocenters. The highest BCUT2D eigenvalue weighted by Gasteiger charge is 2.49. The number of rotatable bonds is 10. The Morgan fingerprint density at radius 1 is 0.963 bits per heavy atom. The average molecular weight is 389 g/mol. The highest BCUT2D eigenvalue weighted by molar-refractivity contribution is 4.91. The van der Waals surface area contributed by atoms with Gasteiger partial charge in [-0.2, -0.15) is 0 Å². The summed E-state index contributed by atoms with van der Waals surface area (Å²) >= 11 is 0. The molecule has 1 aliphatic heterocycles. The zero-order valence-corrected chi connectivity index (χ0v) is 19.3. The van der Waals surface area contributed by atoms with Crippen LogP contribution in [0, 0.1) is 0 Å². The molecule has 1 rings (SSSR count). The maximum atomic E-state index is 6.47. The van der Waals surface area contributed by atoms with Gasteiger partial charge in [0.1, 0.15) is 12.2 Å². The molecule has 1 N–H and O–H groups in total. The maximum Gasteiger partial charge on any atom is 0.183 e. The molecule has 6 heteroatoms. The minimum atomic E-state index is -0.725.